The minimum absolute atomic E-state index is 0.000571. The van der Waals surface area contributed by atoms with Crippen LogP contribution in [0.25, 0.3) is 11.3 Å². The minimum Gasteiger partial charge on any atom is -0.484 e. The van der Waals surface area contributed by atoms with Crippen molar-refractivity contribution in [3.05, 3.63) is 65.0 Å². The number of nitrogens with one attached hydrogen (secondary N) is 3. The highest BCUT2D eigenvalue weighted by atomic mass is 16.5. The average Bonchev–Trinajstić information content (AvgIpc) is 3.66. The lowest BCUT2D eigenvalue weighted by atomic mass is 9.73. The second-order valence-electron chi connectivity index (χ2n) is 16.4. The van der Waals surface area contributed by atoms with Crippen LogP contribution in [0.1, 0.15) is 119 Å². The first-order chi connectivity index (χ1) is 21.0. The summed E-state index contributed by atoms with van der Waals surface area (Å²) < 4.78 is 9.61. The van der Waals surface area contributed by atoms with E-state index in [-0.39, 0.29) is 28.8 Å². The van der Waals surface area contributed by atoms with Crippen LogP contribution in [0.4, 0.5) is 0 Å². The Morgan fingerprint density at radius 3 is 1.67 bits per heavy atom. The van der Waals surface area contributed by atoms with E-state index in [1.165, 1.54) is 5.69 Å². The lowest BCUT2D eigenvalue weighted by Crippen LogP contribution is -2.57. The lowest BCUT2D eigenvalue weighted by molar-refractivity contribution is -0.125. The first-order valence-electron chi connectivity index (χ1n) is 15.9. The van der Waals surface area contributed by atoms with Crippen LogP contribution >= 0.6 is 0 Å². The third-order valence-corrected chi connectivity index (χ3v) is 8.70. The van der Waals surface area contributed by atoms with Gasteiger partial charge in [-0.05, 0) is 32.4 Å². The molecular formula is C35H53N9O2. The van der Waals surface area contributed by atoms with Crippen molar-refractivity contribution in [3.63, 3.8) is 0 Å². The zero-order chi connectivity index (χ0) is 34.5. The van der Waals surface area contributed by atoms with E-state index in [0.717, 1.165) is 34.2 Å². The zero-order valence-corrected chi connectivity index (χ0v) is 30.2. The van der Waals surface area contributed by atoms with E-state index in [9.17, 15) is 4.79 Å². The Hall–Kier alpha value is -4.15. The van der Waals surface area contributed by atoms with Crippen molar-refractivity contribution < 1.29 is 9.53 Å². The van der Waals surface area contributed by atoms with Crippen molar-refractivity contribution in [3.8, 4) is 5.75 Å². The van der Waals surface area contributed by atoms with Gasteiger partial charge >= 0.3 is 0 Å². The second-order valence-corrected chi connectivity index (χ2v) is 16.4. The summed E-state index contributed by atoms with van der Waals surface area (Å²) in [6, 6.07) is 11.8. The molecule has 46 heavy (non-hydrogen) atoms. The predicted molar refractivity (Wildman–Crippen MR) is 183 cm³/mol. The molecule has 0 aliphatic heterocycles. The molecule has 5 aromatic rings. The SMILES string of the molecule is CC(C)(C)c1cc2nnc(C(C)(C)C)n2[nH]1.Cc1ccccc1OCC(=O)NC(C)(C)C(C)(C)c1nnc2cc(C(C)(C)C)[nH]n12. The Morgan fingerprint density at radius 2 is 1.20 bits per heavy atom. The molecule has 4 aromatic heterocycles. The van der Waals surface area contributed by atoms with Crippen molar-refractivity contribution in [1.82, 2.24) is 44.9 Å². The van der Waals surface area contributed by atoms with Gasteiger partial charge < -0.3 is 10.1 Å². The van der Waals surface area contributed by atoms with Gasteiger partial charge in [-0.2, -0.15) is 0 Å². The second kappa shape index (κ2) is 11.9. The Labute approximate surface area is 272 Å². The number of aryl methyl sites for hydroxylation is 1. The number of H-pyrrole nitrogens is 2. The van der Waals surface area contributed by atoms with E-state index in [2.05, 4.69) is 118 Å². The van der Waals surface area contributed by atoms with Crippen molar-refractivity contribution in [2.75, 3.05) is 6.61 Å². The van der Waals surface area contributed by atoms with E-state index in [1.54, 1.807) is 0 Å². The molecule has 4 heterocycles. The third kappa shape index (κ3) is 7.13. The topological polar surface area (TPSA) is 130 Å². The number of amides is 1. The van der Waals surface area contributed by atoms with Crippen LogP contribution < -0.4 is 10.1 Å². The van der Waals surface area contributed by atoms with Gasteiger partial charge in [0.15, 0.2) is 29.6 Å². The maximum Gasteiger partial charge on any atom is 0.258 e. The molecule has 1 aromatic carbocycles. The molecule has 250 valence electrons. The monoisotopic (exact) mass is 631 g/mol. The molecule has 5 rings (SSSR count). The van der Waals surface area contributed by atoms with E-state index >= 15 is 0 Å². The van der Waals surface area contributed by atoms with Gasteiger partial charge in [-0.1, -0.05) is 94.4 Å². The fourth-order valence-electron chi connectivity index (χ4n) is 4.90. The van der Waals surface area contributed by atoms with Gasteiger partial charge in [-0.15, -0.1) is 20.4 Å². The van der Waals surface area contributed by atoms with E-state index in [4.69, 9.17) is 4.74 Å². The van der Waals surface area contributed by atoms with Crippen molar-refractivity contribution in [2.24, 2.45) is 0 Å². The van der Waals surface area contributed by atoms with Gasteiger partial charge in [-0.25, -0.2) is 9.03 Å². The Bertz CT molecular complexity index is 1810. The van der Waals surface area contributed by atoms with Gasteiger partial charge in [0, 0.05) is 50.7 Å². The summed E-state index contributed by atoms with van der Waals surface area (Å²) in [6.45, 7) is 29.4. The number of hydrogen-bond acceptors (Lipinski definition) is 6. The number of aromatic amines is 2. The number of carbonyl (C=O) groups is 1. The fourth-order valence-corrected chi connectivity index (χ4v) is 4.90. The summed E-state index contributed by atoms with van der Waals surface area (Å²) in [5.74, 6) is 2.26. The van der Waals surface area contributed by atoms with Crippen LogP contribution in [0.5, 0.6) is 5.75 Å². The maximum absolute atomic E-state index is 12.7. The predicted octanol–water partition coefficient (Wildman–Crippen LogP) is 6.57. The average molecular weight is 632 g/mol. The molecule has 3 N–H and O–H groups in total. The van der Waals surface area contributed by atoms with Gasteiger partial charge in [0.05, 0.1) is 0 Å². The number of rotatable bonds is 6. The standard InChI is InChI=1S/C23H33N5O2.C12H20N4/c1-15-11-9-10-12-16(15)30-14-19(29)24-23(7,8)22(5,6)20-26-25-18-13-17(21(2,3)4)27-28(18)20;1-11(2,3)8-7-9-13-14-10(12(4,5)6)16(9)15-8/h9-13,27H,14H2,1-8H3,(H,24,29);7,15H,1-6H3. The van der Waals surface area contributed by atoms with Crippen LogP contribution in [0.2, 0.25) is 0 Å². The zero-order valence-electron chi connectivity index (χ0n) is 30.2. The molecule has 0 bridgehead atoms. The van der Waals surface area contributed by atoms with Crippen LogP contribution in [-0.2, 0) is 26.5 Å². The summed E-state index contributed by atoms with van der Waals surface area (Å²) >= 11 is 0. The highest BCUT2D eigenvalue weighted by Gasteiger charge is 2.43. The molecule has 0 radical (unpaired) electrons. The van der Waals surface area contributed by atoms with Gasteiger partial charge in [-0.3, -0.25) is 15.0 Å². The minimum atomic E-state index is -0.602. The number of ether oxygens (including phenoxy) is 1. The highest BCUT2D eigenvalue weighted by Crippen LogP contribution is 2.34. The molecule has 0 aliphatic carbocycles. The van der Waals surface area contributed by atoms with E-state index in [0.29, 0.717) is 5.75 Å². The molecule has 0 saturated carbocycles. The molecular weight excluding hydrogens is 578 g/mol. The number of carbonyl (C=O) groups excluding carboxylic acids is 1. The number of para-hydroxylation sites is 1. The molecule has 1 amide bonds. The number of nitrogens with zero attached hydrogens (tertiary/aromatic N) is 6. The third-order valence-electron chi connectivity index (χ3n) is 8.70. The van der Waals surface area contributed by atoms with E-state index in [1.807, 2.05) is 60.1 Å². The Balaban J connectivity index is 0.000000252. The Morgan fingerprint density at radius 1 is 0.717 bits per heavy atom. The lowest BCUT2D eigenvalue weighted by Gasteiger charge is -2.40. The summed E-state index contributed by atoms with van der Waals surface area (Å²) in [6.07, 6.45) is 0. The van der Waals surface area contributed by atoms with Crippen LogP contribution in [0.3, 0.4) is 0 Å². The largest absolute Gasteiger partial charge is 0.484 e. The first kappa shape index (κ1) is 34.7. The molecule has 0 unspecified atom stereocenters. The highest BCUT2D eigenvalue weighted by molar-refractivity contribution is 5.78. The summed E-state index contributed by atoms with van der Waals surface area (Å²) in [4.78, 5) is 12.7. The number of hydrogen-bond donors (Lipinski definition) is 3. The van der Waals surface area contributed by atoms with Gasteiger partial charge in [0.1, 0.15) is 5.75 Å². The molecule has 0 aliphatic rings. The number of fused-ring (bicyclic) bond motifs is 2. The molecule has 11 nitrogen and oxygen atoms in total. The quantitative estimate of drug-likeness (QED) is 0.194. The molecule has 0 saturated heterocycles. The number of benzene rings is 1. The molecule has 11 heteroatoms. The van der Waals surface area contributed by atoms with E-state index < -0.39 is 11.0 Å². The van der Waals surface area contributed by atoms with Gasteiger partial charge in [0.2, 0.25) is 0 Å². The van der Waals surface area contributed by atoms with Crippen LogP contribution in [0.15, 0.2) is 36.4 Å². The molecule has 0 atom stereocenters. The Kier molecular flexibility index (Phi) is 8.98. The van der Waals surface area contributed by atoms with Crippen molar-refractivity contribution in [1.29, 1.82) is 0 Å². The molecule has 0 fully saturated rings. The van der Waals surface area contributed by atoms with Crippen molar-refractivity contribution >= 4 is 17.2 Å². The normalized spacial score (nSPS) is 13.2. The summed E-state index contributed by atoms with van der Waals surface area (Å²) in [5, 5.41) is 27.1. The van der Waals surface area contributed by atoms with Gasteiger partial charge in [0.25, 0.3) is 5.91 Å². The summed E-state index contributed by atoms with van der Waals surface area (Å²) in [5.41, 5.74) is 3.90. The van der Waals surface area contributed by atoms with Crippen LogP contribution in [-0.4, -0.2) is 57.7 Å². The number of aromatic nitrogens is 8. The van der Waals surface area contributed by atoms with Crippen molar-refractivity contribution in [2.45, 2.75) is 124 Å². The maximum atomic E-state index is 12.7. The molecule has 0 spiro atoms. The summed E-state index contributed by atoms with van der Waals surface area (Å²) in [7, 11) is 0. The first-order valence-corrected chi connectivity index (χ1v) is 15.9. The fraction of sp³-hybridized carbons (Fsp3) is 0.571. The van der Waals surface area contributed by atoms with Crippen LogP contribution in [0, 0.1) is 6.92 Å². The smallest absolute Gasteiger partial charge is 0.258 e.